The lowest BCUT2D eigenvalue weighted by molar-refractivity contribution is -0.139. The van der Waals surface area contributed by atoms with Gasteiger partial charge in [-0.1, -0.05) is 6.07 Å². The van der Waals surface area contributed by atoms with Crippen molar-refractivity contribution in [2.75, 3.05) is 13.1 Å². The summed E-state index contributed by atoms with van der Waals surface area (Å²) >= 11 is 0. The molecular formula is C16H25N5O3. The molecule has 3 atom stereocenters. The van der Waals surface area contributed by atoms with Crippen LogP contribution in [-0.2, 0) is 16.1 Å². The van der Waals surface area contributed by atoms with Crippen molar-refractivity contribution in [1.82, 2.24) is 15.2 Å². The lowest BCUT2D eigenvalue weighted by Crippen LogP contribution is -2.53. The number of aromatic nitrogens is 1. The van der Waals surface area contributed by atoms with E-state index in [2.05, 4.69) is 10.3 Å². The summed E-state index contributed by atoms with van der Waals surface area (Å²) in [5.74, 6) is -1.19. The molecule has 132 valence electrons. The van der Waals surface area contributed by atoms with E-state index in [0.717, 1.165) is 18.5 Å². The number of aliphatic carboxylic acids is 1. The highest BCUT2D eigenvalue weighted by molar-refractivity contribution is 5.79. The number of carboxylic acid groups (broad SMARTS) is 1. The molecule has 8 nitrogen and oxygen atoms in total. The van der Waals surface area contributed by atoms with Gasteiger partial charge in [0, 0.05) is 30.9 Å². The van der Waals surface area contributed by atoms with Gasteiger partial charge in [-0.15, -0.1) is 0 Å². The zero-order valence-electron chi connectivity index (χ0n) is 13.6. The Morgan fingerprint density at radius 1 is 1.25 bits per heavy atom. The number of carboxylic acids is 1. The lowest BCUT2D eigenvalue weighted by atomic mass is 9.88. The Hall–Kier alpha value is -2.03. The van der Waals surface area contributed by atoms with E-state index in [1.807, 2.05) is 6.07 Å². The molecule has 1 aliphatic carbocycles. The molecule has 0 aliphatic heterocycles. The van der Waals surface area contributed by atoms with E-state index in [1.54, 1.807) is 23.2 Å². The van der Waals surface area contributed by atoms with Crippen LogP contribution in [0.5, 0.6) is 0 Å². The fraction of sp³-hybridized carbons (Fsp3) is 0.562. The van der Waals surface area contributed by atoms with Crippen molar-refractivity contribution in [1.29, 1.82) is 0 Å². The van der Waals surface area contributed by atoms with Gasteiger partial charge >= 0.3 is 5.97 Å². The van der Waals surface area contributed by atoms with E-state index < -0.39 is 5.97 Å². The van der Waals surface area contributed by atoms with E-state index in [1.165, 1.54) is 0 Å². The molecule has 6 N–H and O–H groups in total. The highest BCUT2D eigenvalue weighted by atomic mass is 16.4. The third-order valence-corrected chi connectivity index (χ3v) is 4.16. The SMILES string of the molecule is N[C@@H]1CCC(NC(=O)CN(CC(=O)O)Cc2ccccn2)C[C@@H]1N. The van der Waals surface area contributed by atoms with Crippen molar-refractivity contribution in [3.05, 3.63) is 30.1 Å². The van der Waals surface area contributed by atoms with Crippen molar-refractivity contribution in [2.45, 2.75) is 43.9 Å². The van der Waals surface area contributed by atoms with Crippen molar-refractivity contribution < 1.29 is 14.7 Å². The molecule has 1 aromatic rings. The largest absolute Gasteiger partial charge is 0.480 e. The normalized spacial score (nSPS) is 23.9. The van der Waals surface area contributed by atoms with Gasteiger partial charge in [-0.05, 0) is 31.4 Å². The van der Waals surface area contributed by atoms with Crippen molar-refractivity contribution in [2.24, 2.45) is 11.5 Å². The van der Waals surface area contributed by atoms with E-state index in [0.29, 0.717) is 13.0 Å². The summed E-state index contributed by atoms with van der Waals surface area (Å²) in [5, 5.41) is 12.0. The van der Waals surface area contributed by atoms with Crippen LogP contribution in [0.3, 0.4) is 0 Å². The van der Waals surface area contributed by atoms with Gasteiger partial charge in [-0.3, -0.25) is 19.5 Å². The highest BCUT2D eigenvalue weighted by Gasteiger charge is 2.27. The third kappa shape index (κ3) is 5.88. The standard InChI is InChI=1S/C16H25N5O3/c17-13-5-4-11(7-14(13)18)20-15(22)9-21(10-16(23)24)8-12-3-1-2-6-19-12/h1-3,6,11,13-14H,4-5,7-10,17-18H2,(H,20,22)(H,23,24)/t11?,13-,14+/m1/s1. The minimum atomic E-state index is -0.982. The Kier molecular flexibility index (Phi) is 6.65. The minimum absolute atomic E-state index is 0.000661. The molecule has 1 unspecified atom stereocenters. The highest BCUT2D eigenvalue weighted by Crippen LogP contribution is 2.16. The Balaban J connectivity index is 1.88. The fourth-order valence-corrected chi connectivity index (χ4v) is 2.92. The topological polar surface area (TPSA) is 135 Å². The van der Waals surface area contributed by atoms with Gasteiger partial charge in [0.05, 0.1) is 18.8 Å². The number of hydrogen-bond donors (Lipinski definition) is 4. The summed E-state index contributed by atoms with van der Waals surface area (Å²) in [5.41, 5.74) is 12.5. The molecule has 8 heteroatoms. The van der Waals surface area contributed by atoms with Crippen LogP contribution in [0, 0.1) is 0 Å². The number of nitrogens with two attached hydrogens (primary N) is 2. The predicted molar refractivity (Wildman–Crippen MR) is 88.9 cm³/mol. The average Bonchev–Trinajstić information content (AvgIpc) is 2.51. The maximum absolute atomic E-state index is 12.2. The lowest BCUT2D eigenvalue weighted by Gasteiger charge is -2.32. The van der Waals surface area contributed by atoms with Gasteiger partial charge in [0.1, 0.15) is 0 Å². The van der Waals surface area contributed by atoms with Gasteiger partial charge < -0.3 is 21.9 Å². The smallest absolute Gasteiger partial charge is 0.317 e. The summed E-state index contributed by atoms with van der Waals surface area (Å²) in [7, 11) is 0. The van der Waals surface area contributed by atoms with Gasteiger partial charge in [-0.2, -0.15) is 0 Å². The van der Waals surface area contributed by atoms with Crippen LogP contribution >= 0.6 is 0 Å². The number of nitrogens with one attached hydrogen (secondary N) is 1. The first-order valence-electron chi connectivity index (χ1n) is 8.08. The summed E-state index contributed by atoms with van der Waals surface area (Å²) in [6, 6.07) is 5.27. The van der Waals surface area contributed by atoms with Crippen LogP contribution in [0.4, 0.5) is 0 Å². The second-order valence-electron chi connectivity index (χ2n) is 6.27. The van der Waals surface area contributed by atoms with Crippen LogP contribution in [0.1, 0.15) is 25.0 Å². The van der Waals surface area contributed by atoms with Crippen LogP contribution in [-0.4, -0.2) is 58.1 Å². The number of amides is 1. The Labute approximate surface area is 141 Å². The predicted octanol–water partition coefficient (Wildman–Crippen LogP) is -0.708. The zero-order valence-corrected chi connectivity index (χ0v) is 13.6. The van der Waals surface area contributed by atoms with Crippen molar-refractivity contribution in [3.8, 4) is 0 Å². The quantitative estimate of drug-likeness (QED) is 0.517. The van der Waals surface area contributed by atoms with Gasteiger partial charge in [0.25, 0.3) is 0 Å². The Bertz CT molecular complexity index is 554. The first-order chi connectivity index (χ1) is 11.4. The summed E-state index contributed by atoms with van der Waals surface area (Å²) in [6.07, 6.45) is 3.85. The number of hydrogen-bond acceptors (Lipinski definition) is 6. The molecule has 0 aromatic carbocycles. The molecule has 1 heterocycles. The van der Waals surface area contributed by atoms with Crippen LogP contribution in [0.25, 0.3) is 0 Å². The summed E-state index contributed by atoms with van der Waals surface area (Å²) in [6.45, 7) is 0.0787. The Morgan fingerprint density at radius 2 is 2.04 bits per heavy atom. The van der Waals surface area contributed by atoms with E-state index in [-0.39, 0.29) is 37.1 Å². The molecule has 24 heavy (non-hydrogen) atoms. The number of carbonyl (C=O) groups excluding carboxylic acids is 1. The van der Waals surface area contributed by atoms with Gasteiger partial charge in [0.15, 0.2) is 0 Å². The molecule has 1 fully saturated rings. The van der Waals surface area contributed by atoms with Crippen LogP contribution in [0.2, 0.25) is 0 Å². The van der Waals surface area contributed by atoms with Crippen LogP contribution in [0.15, 0.2) is 24.4 Å². The van der Waals surface area contributed by atoms with Gasteiger partial charge in [0.2, 0.25) is 5.91 Å². The van der Waals surface area contributed by atoms with Crippen molar-refractivity contribution in [3.63, 3.8) is 0 Å². The van der Waals surface area contributed by atoms with Gasteiger partial charge in [-0.25, -0.2) is 0 Å². The number of rotatable bonds is 7. The average molecular weight is 335 g/mol. The number of nitrogens with zero attached hydrogens (tertiary/aromatic N) is 2. The monoisotopic (exact) mass is 335 g/mol. The second-order valence-corrected chi connectivity index (χ2v) is 6.27. The molecule has 0 spiro atoms. The molecule has 2 rings (SSSR count). The summed E-state index contributed by atoms with van der Waals surface area (Å²) < 4.78 is 0. The second kappa shape index (κ2) is 8.72. The van der Waals surface area contributed by atoms with E-state index >= 15 is 0 Å². The molecule has 1 aliphatic rings. The van der Waals surface area contributed by atoms with E-state index in [4.69, 9.17) is 16.6 Å². The maximum atomic E-state index is 12.2. The molecule has 0 bridgehead atoms. The zero-order chi connectivity index (χ0) is 17.5. The Morgan fingerprint density at radius 3 is 2.67 bits per heavy atom. The van der Waals surface area contributed by atoms with Crippen molar-refractivity contribution >= 4 is 11.9 Å². The molecule has 1 aromatic heterocycles. The van der Waals surface area contributed by atoms with Crippen LogP contribution < -0.4 is 16.8 Å². The molecular weight excluding hydrogens is 310 g/mol. The van der Waals surface area contributed by atoms with E-state index in [9.17, 15) is 9.59 Å². The molecule has 1 saturated carbocycles. The first kappa shape index (κ1) is 18.3. The number of pyridine rings is 1. The molecule has 0 saturated heterocycles. The minimum Gasteiger partial charge on any atom is -0.480 e. The fourth-order valence-electron chi connectivity index (χ4n) is 2.92. The first-order valence-corrected chi connectivity index (χ1v) is 8.08. The third-order valence-electron chi connectivity index (χ3n) is 4.16. The number of carbonyl (C=O) groups is 2. The maximum Gasteiger partial charge on any atom is 0.317 e. The summed E-state index contributed by atoms with van der Waals surface area (Å²) in [4.78, 5) is 29.0. The molecule has 1 amide bonds. The molecule has 0 radical (unpaired) electrons.